The van der Waals surface area contributed by atoms with Crippen LogP contribution in [0.1, 0.15) is 33.3 Å². The number of aromatic nitrogens is 1. The van der Waals surface area contributed by atoms with Crippen LogP contribution < -0.4 is 4.90 Å². The summed E-state index contributed by atoms with van der Waals surface area (Å²) in [6, 6.07) is 2.41. The number of alkyl halides is 1. The lowest BCUT2D eigenvalue weighted by molar-refractivity contribution is 0.329. The van der Waals surface area contributed by atoms with Gasteiger partial charge in [0.05, 0.1) is 11.9 Å². The average Bonchev–Trinajstić information content (AvgIpc) is 2.25. The number of pyridine rings is 1. The van der Waals surface area contributed by atoms with Crippen molar-refractivity contribution in [2.75, 3.05) is 11.9 Å². The zero-order chi connectivity index (χ0) is 12.3. The fraction of sp³-hybridized carbons (Fsp3) is 0.615. The minimum Gasteiger partial charge on any atom is -0.370 e. The van der Waals surface area contributed by atoms with E-state index in [1.54, 1.807) is 6.20 Å². The maximum absolute atomic E-state index is 5.94. The second kappa shape index (κ2) is 5.05. The quantitative estimate of drug-likeness (QED) is 0.750. The smallest absolute Gasteiger partial charge is 0.0597 e. The Labute approximate surface area is 104 Å². The summed E-state index contributed by atoms with van der Waals surface area (Å²) in [6.45, 7) is 8.95. The van der Waals surface area contributed by atoms with E-state index in [0.717, 1.165) is 11.3 Å². The summed E-state index contributed by atoms with van der Waals surface area (Å²) in [4.78, 5) is 6.43. The van der Waals surface area contributed by atoms with E-state index in [9.17, 15) is 0 Å². The molecule has 0 amide bonds. The van der Waals surface area contributed by atoms with Gasteiger partial charge >= 0.3 is 0 Å². The van der Waals surface area contributed by atoms with Crippen molar-refractivity contribution in [3.63, 3.8) is 0 Å². The molecule has 90 valence electrons. The largest absolute Gasteiger partial charge is 0.370 e. The summed E-state index contributed by atoms with van der Waals surface area (Å²) in [5.74, 6) is 0.527. The molecule has 0 bridgehead atoms. The van der Waals surface area contributed by atoms with Crippen LogP contribution in [-0.4, -0.2) is 18.1 Å². The number of rotatable bonds is 3. The molecule has 3 heteroatoms. The topological polar surface area (TPSA) is 16.1 Å². The number of hydrogen-bond acceptors (Lipinski definition) is 2. The molecule has 0 aliphatic heterocycles. The van der Waals surface area contributed by atoms with Gasteiger partial charge in [-0.25, -0.2) is 0 Å². The predicted molar refractivity (Wildman–Crippen MR) is 71.1 cm³/mol. The molecule has 16 heavy (non-hydrogen) atoms. The molecule has 0 aliphatic carbocycles. The molecule has 0 spiro atoms. The first kappa shape index (κ1) is 13.3. The van der Waals surface area contributed by atoms with Gasteiger partial charge in [-0.3, -0.25) is 4.98 Å². The Balaban J connectivity index is 3.00. The molecule has 0 aliphatic rings. The summed E-state index contributed by atoms with van der Waals surface area (Å²) in [5.41, 5.74) is 2.49. The first-order chi connectivity index (χ1) is 7.38. The number of anilines is 1. The standard InChI is InChI=1S/C13H21ClN2/c1-10(13(2,3)4)16(5)12-9-15-7-6-11(12)8-14/h6-7,9-10H,8H2,1-5H3. The molecular formula is C13H21ClN2. The summed E-state index contributed by atoms with van der Waals surface area (Å²) in [6.07, 6.45) is 3.68. The lowest BCUT2D eigenvalue weighted by atomic mass is 9.87. The van der Waals surface area contributed by atoms with E-state index in [1.807, 2.05) is 12.3 Å². The van der Waals surface area contributed by atoms with E-state index < -0.39 is 0 Å². The van der Waals surface area contributed by atoms with Gasteiger partial charge in [-0.05, 0) is 24.0 Å². The monoisotopic (exact) mass is 240 g/mol. The van der Waals surface area contributed by atoms with Crippen LogP contribution in [0.15, 0.2) is 18.5 Å². The van der Waals surface area contributed by atoms with Crippen molar-refractivity contribution in [1.82, 2.24) is 4.98 Å². The Morgan fingerprint density at radius 2 is 2.06 bits per heavy atom. The van der Waals surface area contributed by atoms with Crippen LogP contribution in [-0.2, 0) is 5.88 Å². The number of hydrogen-bond donors (Lipinski definition) is 0. The van der Waals surface area contributed by atoms with Gasteiger partial charge in [-0.1, -0.05) is 20.8 Å². The second-order valence-corrected chi connectivity index (χ2v) is 5.56. The number of nitrogens with zero attached hydrogens (tertiary/aromatic N) is 2. The van der Waals surface area contributed by atoms with Gasteiger partial charge in [0.2, 0.25) is 0 Å². The van der Waals surface area contributed by atoms with E-state index in [4.69, 9.17) is 11.6 Å². The van der Waals surface area contributed by atoms with E-state index >= 15 is 0 Å². The van der Waals surface area contributed by atoms with Crippen LogP contribution in [0.25, 0.3) is 0 Å². The third-order valence-corrected chi connectivity index (χ3v) is 3.53. The van der Waals surface area contributed by atoms with Crippen LogP contribution in [0.5, 0.6) is 0 Å². The molecule has 2 nitrogen and oxygen atoms in total. The zero-order valence-electron chi connectivity index (χ0n) is 10.8. The van der Waals surface area contributed by atoms with Gasteiger partial charge in [0, 0.05) is 25.2 Å². The maximum atomic E-state index is 5.94. The molecule has 0 fully saturated rings. The Bertz CT molecular complexity index is 344. The summed E-state index contributed by atoms with van der Waals surface area (Å²) in [7, 11) is 2.10. The van der Waals surface area contributed by atoms with Crippen molar-refractivity contribution in [3.05, 3.63) is 24.0 Å². The van der Waals surface area contributed by atoms with Crippen LogP contribution >= 0.6 is 11.6 Å². The van der Waals surface area contributed by atoms with Crippen molar-refractivity contribution >= 4 is 17.3 Å². The van der Waals surface area contributed by atoms with Crippen molar-refractivity contribution in [1.29, 1.82) is 0 Å². The first-order valence-corrected chi connectivity index (χ1v) is 6.13. The Morgan fingerprint density at radius 1 is 1.44 bits per heavy atom. The molecule has 0 N–H and O–H groups in total. The zero-order valence-corrected chi connectivity index (χ0v) is 11.5. The highest BCUT2D eigenvalue weighted by Gasteiger charge is 2.25. The molecule has 1 aromatic heterocycles. The highest BCUT2D eigenvalue weighted by atomic mass is 35.5. The molecule has 0 aromatic carbocycles. The third kappa shape index (κ3) is 2.88. The fourth-order valence-electron chi connectivity index (χ4n) is 1.64. The lowest BCUT2D eigenvalue weighted by Gasteiger charge is -2.37. The van der Waals surface area contributed by atoms with Gasteiger partial charge in [0.1, 0.15) is 0 Å². The molecular weight excluding hydrogens is 220 g/mol. The molecule has 1 rings (SSSR count). The molecule has 1 atom stereocenters. The van der Waals surface area contributed by atoms with Crippen LogP contribution in [0, 0.1) is 5.41 Å². The first-order valence-electron chi connectivity index (χ1n) is 5.59. The Morgan fingerprint density at radius 3 is 2.56 bits per heavy atom. The molecule has 1 heterocycles. The molecule has 0 saturated heterocycles. The van der Waals surface area contributed by atoms with Gasteiger partial charge in [0.25, 0.3) is 0 Å². The maximum Gasteiger partial charge on any atom is 0.0597 e. The molecule has 0 saturated carbocycles. The van der Waals surface area contributed by atoms with Gasteiger partial charge < -0.3 is 4.90 Å². The van der Waals surface area contributed by atoms with Crippen molar-refractivity contribution < 1.29 is 0 Å². The summed E-state index contributed by atoms with van der Waals surface area (Å²) in [5, 5.41) is 0. The average molecular weight is 241 g/mol. The Kier molecular flexibility index (Phi) is 4.20. The highest BCUT2D eigenvalue weighted by Crippen LogP contribution is 2.29. The minimum absolute atomic E-state index is 0.230. The fourth-order valence-corrected chi connectivity index (χ4v) is 1.86. The minimum atomic E-state index is 0.230. The predicted octanol–water partition coefficient (Wildman–Crippen LogP) is 3.69. The van der Waals surface area contributed by atoms with Crippen LogP contribution in [0.3, 0.4) is 0 Å². The Hall–Kier alpha value is -0.760. The van der Waals surface area contributed by atoms with Crippen LogP contribution in [0.4, 0.5) is 5.69 Å². The van der Waals surface area contributed by atoms with Gasteiger partial charge in [-0.2, -0.15) is 0 Å². The normalized spacial score (nSPS) is 13.6. The van der Waals surface area contributed by atoms with Crippen molar-refractivity contribution in [2.45, 2.75) is 39.6 Å². The molecule has 1 aromatic rings. The SMILES string of the molecule is CC(N(C)c1cnccc1CCl)C(C)(C)C. The van der Waals surface area contributed by atoms with Crippen LogP contribution in [0.2, 0.25) is 0 Å². The molecule has 1 unspecified atom stereocenters. The number of halogens is 1. The summed E-state index contributed by atoms with van der Waals surface area (Å²) < 4.78 is 0. The van der Waals surface area contributed by atoms with E-state index in [1.165, 1.54) is 0 Å². The van der Waals surface area contributed by atoms with E-state index in [-0.39, 0.29) is 5.41 Å². The van der Waals surface area contributed by atoms with Gasteiger partial charge in [0.15, 0.2) is 0 Å². The van der Waals surface area contributed by atoms with E-state index in [2.05, 4.69) is 44.6 Å². The third-order valence-electron chi connectivity index (χ3n) is 3.25. The van der Waals surface area contributed by atoms with Gasteiger partial charge in [-0.15, -0.1) is 11.6 Å². The van der Waals surface area contributed by atoms with E-state index in [0.29, 0.717) is 11.9 Å². The second-order valence-electron chi connectivity index (χ2n) is 5.29. The molecule has 0 radical (unpaired) electrons. The van der Waals surface area contributed by atoms with Crippen molar-refractivity contribution in [2.24, 2.45) is 5.41 Å². The summed E-state index contributed by atoms with van der Waals surface area (Å²) >= 11 is 5.94. The lowest BCUT2D eigenvalue weighted by Crippen LogP contribution is -2.39. The van der Waals surface area contributed by atoms with Crippen molar-refractivity contribution in [3.8, 4) is 0 Å². The highest BCUT2D eigenvalue weighted by molar-refractivity contribution is 6.17.